The summed E-state index contributed by atoms with van der Waals surface area (Å²) in [6, 6.07) is 0. The fourth-order valence-corrected chi connectivity index (χ4v) is 8.73. The van der Waals surface area contributed by atoms with E-state index in [-0.39, 0.29) is 88.4 Å². The second kappa shape index (κ2) is 53.5. The molecule has 0 spiro atoms. The third-order valence-corrected chi connectivity index (χ3v) is 11.6. The van der Waals surface area contributed by atoms with Gasteiger partial charge >= 0.3 is 22.4 Å². The number of likely N-dealkylation sites (N-methyl/N-ethyl adjacent to an activating group) is 5. The van der Waals surface area contributed by atoms with E-state index in [1.807, 2.05) is 0 Å². The Morgan fingerprint density at radius 2 is 0.231 bits per heavy atom. The summed E-state index contributed by atoms with van der Waals surface area (Å²) in [6.45, 7) is 40.3. The van der Waals surface area contributed by atoms with Crippen LogP contribution in [0.5, 0.6) is 0 Å². The Bertz CT molecular complexity index is 1330. The van der Waals surface area contributed by atoms with Crippen LogP contribution in [0, 0.1) is 0 Å². The van der Waals surface area contributed by atoms with E-state index in [9.17, 15) is 25.5 Å². The summed E-state index contributed by atoms with van der Waals surface area (Å²) in [5.41, 5.74) is 0. The van der Waals surface area contributed by atoms with Crippen LogP contribution in [-0.2, 0) is 117 Å². The predicted molar refractivity (Wildman–Crippen MR) is 328 cm³/mol. The standard InChI is InChI=1S/5C12H26NO5.Nb/c5*1-7-15-11(13(5)6,16-8-2)12(14,17-9-3)18-10-4;/h5*7-10H2,1-6H3;/q5*-1;+5. The Balaban J connectivity index is -0.000000247. The number of nitrogens with zero attached hydrogens (tertiary/aromatic N) is 5. The number of ether oxygens (including phenoxy) is 20. The number of hydrogen-bond acceptors (Lipinski definition) is 30. The van der Waals surface area contributed by atoms with Crippen molar-refractivity contribution in [2.24, 2.45) is 0 Å². The largest absolute Gasteiger partial charge is 5.00 e. The van der Waals surface area contributed by atoms with E-state index >= 15 is 0 Å². The second-order valence-corrected chi connectivity index (χ2v) is 18.8. The molecule has 0 aliphatic rings. The quantitative estimate of drug-likeness (QED) is 0.0619. The van der Waals surface area contributed by atoms with Gasteiger partial charge in [-0.2, -0.15) is 0 Å². The van der Waals surface area contributed by atoms with Gasteiger partial charge in [0.1, 0.15) is 0 Å². The molecule has 0 heterocycles. The van der Waals surface area contributed by atoms with Crippen LogP contribution in [0.4, 0.5) is 0 Å². The first-order valence-corrected chi connectivity index (χ1v) is 31.9. The van der Waals surface area contributed by atoms with Gasteiger partial charge in [-0.25, -0.2) is 0 Å². The summed E-state index contributed by atoms with van der Waals surface area (Å²) in [5.74, 6) is -19.2. The summed E-state index contributed by atoms with van der Waals surface area (Å²) in [6.07, 6.45) is 0. The second-order valence-electron chi connectivity index (χ2n) is 18.8. The molecule has 0 atom stereocenters. The number of rotatable bonds is 50. The molecule has 0 fully saturated rings. The smallest absolute Gasteiger partial charge is 0.801 e. The maximum Gasteiger partial charge on any atom is 5.00 e. The van der Waals surface area contributed by atoms with Crippen LogP contribution in [0.15, 0.2) is 0 Å². The minimum absolute atomic E-state index is 0. The Morgan fingerprint density at radius 3 is 0.275 bits per heavy atom. The van der Waals surface area contributed by atoms with Gasteiger partial charge in [0.05, 0.1) is 0 Å². The van der Waals surface area contributed by atoms with E-state index in [4.69, 9.17) is 94.7 Å². The van der Waals surface area contributed by atoms with E-state index in [1.165, 1.54) is 0 Å². The summed E-state index contributed by atoms with van der Waals surface area (Å²) in [7, 11) is 16.9. The molecule has 31 heteroatoms. The minimum atomic E-state index is -2.23. The molecule has 0 saturated carbocycles. The Labute approximate surface area is 565 Å². The maximum absolute atomic E-state index is 12.8. The van der Waals surface area contributed by atoms with Crippen molar-refractivity contribution < 1.29 is 143 Å². The first-order valence-electron chi connectivity index (χ1n) is 31.9. The molecule has 0 unspecified atom stereocenters. The normalized spacial score (nSPS) is 13.2. The van der Waals surface area contributed by atoms with Crippen LogP contribution in [0.2, 0.25) is 0 Å². The van der Waals surface area contributed by atoms with Crippen LogP contribution in [0.3, 0.4) is 0 Å². The summed E-state index contributed by atoms with van der Waals surface area (Å²) < 4.78 is 108. The van der Waals surface area contributed by atoms with E-state index in [1.54, 1.807) is 233 Å². The first kappa shape index (κ1) is 102. The van der Waals surface area contributed by atoms with Crippen LogP contribution < -0.4 is 25.5 Å². The monoisotopic (exact) mass is 1410 g/mol. The molecule has 91 heavy (non-hydrogen) atoms. The van der Waals surface area contributed by atoms with Gasteiger partial charge in [0.25, 0.3) is 29.6 Å². The van der Waals surface area contributed by atoms with Crippen molar-refractivity contribution in [2.75, 3.05) is 203 Å². The number of hydrogen-bond donors (Lipinski definition) is 0. The molecule has 0 bridgehead atoms. The van der Waals surface area contributed by atoms with Crippen molar-refractivity contribution in [3.63, 3.8) is 0 Å². The summed E-state index contributed by atoms with van der Waals surface area (Å²) >= 11 is 0. The van der Waals surface area contributed by atoms with Crippen molar-refractivity contribution in [3.05, 3.63) is 0 Å². The molecular formula is C60H130N5NbO25. The molecule has 550 valence electrons. The topological polar surface area (TPSA) is 316 Å². The first-order chi connectivity index (χ1) is 42.2. The molecular weight excluding hydrogens is 1280 g/mol. The molecule has 0 amide bonds. The molecule has 0 saturated heterocycles. The van der Waals surface area contributed by atoms with Gasteiger partial charge < -0.3 is 120 Å². The fraction of sp³-hybridized carbons (Fsp3) is 1.00. The molecule has 0 aliphatic carbocycles. The molecule has 0 aromatic carbocycles. The minimum Gasteiger partial charge on any atom is -0.801 e. The molecule has 0 aliphatic heterocycles. The van der Waals surface area contributed by atoms with Crippen molar-refractivity contribution in [2.45, 2.75) is 198 Å². The van der Waals surface area contributed by atoms with E-state index in [2.05, 4.69) is 0 Å². The Hall–Kier alpha value is -0.460. The Morgan fingerprint density at radius 1 is 0.165 bits per heavy atom. The van der Waals surface area contributed by atoms with Crippen LogP contribution in [-0.4, -0.2) is 287 Å². The van der Waals surface area contributed by atoms with Crippen LogP contribution >= 0.6 is 0 Å². The van der Waals surface area contributed by atoms with Gasteiger partial charge in [-0.15, -0.1) is 0 Å². The van der Waals surface area contributed by atoms with Gasteiger partial charge in [-0.3, -0.25) is 24.5 Å². The zero-order valence-electron chi connectivity index (χ0n) is 62.0. The maximum atomic E-state index is 12.8. The van der Waals surface area contributed by atoms with Crippen molar-refractivity contribution in [1.82, 2.24) is 24.5 Å². The van der Waals surface area contributed by atoms with E-state index in [0.29, 0.717) is 66.1 Å². The molecule has 0 aromatic rings. The van der Waals surface area contributed by atoms with Gasteiger partial charge in [0, 0.05) is 132 Å². The molecule has 0 aromatic heterocycles. The van der Waals surface area contributed by atoms with Crippen molar-refractivity contribution in [3.8, 4) is 0 Å². The van der Waals surface area contributed by atoms with Gasteiger partial charge in [0.15, 0.2) is 29.9 Å². The zero-order valence-corrected chi connectivity index (χ0v) is 64.2. The molecule has 0 radical (unpaired) electrons. The molecule has 0 N–H and O–H groups in total. The molecule has 30 nitrogen and oxygen atoms in total. The predicted octanol–water partition coefficient (Wildman–Crippen LogP) is 1.81. The SMILES string of the molecule is CCOC([O-])(OCC)C(OCC)(OCC)N(C)C.CCOC([O-])(OCC)C(OCC)(OCC)N(C)C.CCOC([O-])(OCC)C(OCC)(OCC)N(C)C.CCOC([O-])(OCC)C(OCC)(OCC)N(C)C.CCOC([O-])(OCC)C(OCC)(OCC)N(C)C.[Nb+5]. The molecule has 0 rings (SSSR count). The van der Waals surface area contributed by atoms with E-state index < -0.39 is 59.4 Å². The zero-order chi connectivity index (χ0) is 71.2. The van der Waals surface area contributed by atoms with E-state index in [0.717, 1.165) is 0 Å². The average Bonchev–Trinajstić information content (AvgIpc) is 3.45. The van der Waals surface area contributed by atoms with Crippen molar-refractivity contribution in [1.29, 1.82) is 0 Å². The van der Waals surface area contributed by atoms with Gasteiger partial charge in [-0.1, -0.05) is 0 Å². The summed E-state index contributed by atoms with van der Waals surface area (Å²) in [5, 5.41) is 64.0. The average molecular weight is 1410 g/mol. The third kappa shape index (κ3) is 28.7. The Kier molecular flexibility index (Phi) is 59.7. The summed E-state index contributed by atoms with van der Waals surface area (Å²) in [4.78, 5) is 7.70. The van der Waals surface area contributed by atoms with Crippen molar-refractivity contribution >= 4 is 0 Å². The third-order valence-electron chi connectivity index (χ3n) is 11.6. The van der Waals surface area contributed by atoms with Crippen LogP contribution in [0.25, 0.3) is 0 Å². The van der Waals surface area contributed by atoms with Gasteiger partial charge in [-0.05, 0) is 209 Å². The van der Waals surface area contributed by atoms with Gasteiger partial charge in [0.2, 0.25) is 0 Å². The van der Waals surface area contributed by atoms with Crippen LogP contribution in [0.1, 0.15) is 138 Å². The fourth-order valence-electron chi connectivity index (χ4n) is 8.73.